The summed E-state index contributed by atoms with van der Waals surface area (Å²) in [6, 6.07) is 0. The fourth-order valence-corrected chi connectivity index (χ4v) is 0.131. The Hall–Kier alpha value is -1.23. The highest BCUT2D eigenvalue weighted by molar-refractivity contribution is 5.85. The number of hydroxylamine groups is 1. The number of nitrogens with one attached hydrogen (secondary N) is 1. The van der Waals surface area contributed by atoms with Crippen LogP contribution in [0.15, 0.2) is 11.9 Å². The molecule has 0 fully saturated rings. The Morgan fingerprint density at radius 1 is 1.75 bits per heavy atom. The van der Waals surface area contributed by atoms with Crippen LogP contribution in [0.5, 0.6) is 0 Å². The van der Waals surface area contributed by atoms with Crippen LogP contribution in [-0.4, -0.2) is 16.3 Å². The monoisotopic (exact) mass is 118 g/mol. The second-order valence-electron chi connectivity index (χ2n) is 1.03. The zero-order chi connectivity index (χ0) is 6.57. The number of nitrogens with two attached hydrogens (primary N) is 1. The molecule has 0 bridgehead atoms. The molecule has 0 spiro atoms. The first-order chi connectivity index (χ1) is 3.68. The summed E-state index contributed by atoms with van der Waals surface area (Å²) >= 11 is 0. The Morgan fingerprint density at radius 3 is 2.38 bits per heavy atom. The summed E-state index contributed by atoms with van der Waals surface area (Å²) in [6.45, 7) is 0. The molecule has 0 atom stereocenters. The molecule has 0 heterocycles. The van der Waals surface area contributed by atoms with Crippen LogP contribution in [0.1, 0.15) is 0 Å². The third-order valence-corrected chi connectivity index (χ3v) is 0.467. The maximum atomic E-state index is 9.74. The molecule has 0 radical (unpaired) electrons. The van der Waals surface area contributed by atoms with E-state index in [0.717, 1.165) is 6.20 Å². The van der Waals surface area contributed by atoms with Crippen LogP contribution in [0.3, 0.4) is 0 Å². The normalized spacial score (nSPS) is 10.9. The summed E-state index contributed by atoms with van der Waals surface area (Å²) in [7, 11) is 0. The number of rotatable bonds is 2. The van der Waals surface area contributed by atoms with Gasteiger partial charge in [0.15, 0.2) is 0 Å². The van der Waals surface area contributed by atoms with Gasteiger partial charge in [0.05, 0.1) is 6.20 Å². The van der Waals surface area contributed by atoms with E-state index in [1.807, 2.05) is 0 Å². The average Bonchev–Trinajstić information content (AvgIpc) is 1.67. The number of carbonyl (C=O) groups is 1. The first kappa shape index (κ1) is 6.77. The van der Waals surface area contributed by atoms with Crippen LogP contribution in [-0.2, 0) is 4.79 Å². The lowest BCUT2D eigenvalue weighted by atomic mass is 10.5. The topological polar surface area (TPSA) is 95.6 Å². The van der Waals surface area contributed by atoms with E-state index in [0.29, 0.717) is 0 Å². The molecule has 0 aliphatic heterocycles. The van der Waals surface area contributed by atoms with E-state index in [9.17, 15) is 4.79 Å². The molecule has 5 nitrogen and oxygen atoms in total. The van der Waals surface area contributed by atoms with Gasteiger partial charge in [0.25, 0.3) is 0 Å². The average molecular weight is 118 g/mol. The van der Waals surface area contributed by atoms with E-state index < -0.39 is 11.7 Å². The second-order valence-corrected chi connectivity index (χ2v) is 1.03. The lowest BCUT2D eigenvalue weighted by molar-refractivity contribution is -0.132. The highest BCUT2D eigenvalue weighted by Crippen LogP contribution is 1.76. The van der Waals surface area contributed by atoms with Crippen molar-refractivity contribution >= 4 is 5.97 Å². The van der Waals surface area contributed by atoms with Gasteiger partial charge in [0.2, 0.25) is 0 Å². The van der Waals surface area contributed by atoms with E-state index >= 15 is 0 Å². The number of hydrogen-bond acceptors (Lipinski definition) is 4. The van der Waals surface area contributed by atoms with E-state index in [-0.39, 0.29) is 0 Å². The van der Waals surface area contributed by atoms with Gasteiger partial charge in [-0.25, -0.2) is 4.79 Å². The minimum Gasteiger partial charge on any atom is -0.477 e. The van der Waals surface area contributed by atoms with Crippen molar-refractivity contribution in [2.45, 2.75) is 0 Å². The summed E-state index contributed by atoms with van der Waals surface area (Å²) in [5.74, 6) is -1.27. The molecule has 0 saturated heterocycles. The van der Waals surface area contributed by atoms with Crippen molar-refractivity contribution in [3.63, 3.8) is 0 Å². The van der Waals surface area contributed by atoms with Crippen molar-refractivity contribution in [2.24, 2.45) is 5.73 Å². The summed E-state index contributed by atoms with van der Waals surface area (Å²) < 4.78 is 0. The van der Waals surface area contributed by atoms with Crippen LogP contribution in [0, 0.1) is 0 Å². The van der Waals surface area contributed by atoms with Crippen molar-refractivity contribution < 1.29 is 15.1 Å². The Bertz CT molecular complexity index is 120. The molecule has 8 heavy (non-hydrogen) atoms. The van der Waals surface area contributed by atoms with Gasteiger partial charge >= 0.3 is 5.97 Å². The van der Waals surface area contributed by atoms with Crippen molar-refractivity contribution in [1.29, 1.82) is 0 Å². The SMILES string of the molecule is N/C(=C\NO)C(=O)O. The first-order valence-corrected chi connectivity index (χ1v) is 1.77. The molecule has 0 aliphatic rings. The zero-order valence-corrected chi connectivity index (χ0v) is 3.96. The largest absolute Gasteiger partial charge is 0.477 e. The van der Waals surface area contributed by atoms with Gasteiger partial charge in [0.1, 0.15) is 5.70 Å². The van der Waals surface area contributed by atoms with Crippen molar-refractivity contribution in [1.82, 2.24) is 5.48 Å². The second kappa shape index (κ2) is 2.86. The number of hydrogen-bond donors (Lipinski definition) is 4. The molecular formula is C3H6N2O3. The highest BCUT2D eigenvalue weighted by atomic mass is 16.5. The lowest BCUT2D eigenvalue weighted by Crippen LogP contribution is -2.13. The third-order valence-electron chi connectivity index (χ3n) is 0.467. The molecular weight excluding hydrogens is 112 g/mol. The van der Waals surface area contributed by atoms with Crippen LogP contribution in [0.4, 0.5) is 0 Å². The van der Waals surface area contributed by atoms with Crippen LogP contribution < -0.4 is 11.2 Å². The molecule has 46 valence electrons. The summed E-state index contributed by atoms with van der Waals surface area (Å²) in [5, 5.41) is 15.8. The molecule has 0 aromatic heterocycles. The van der Waals surface area contributed by atoms with Gasteiger partial charge < -0.3 is 10.8 Å². The van der Waals surface area contributed by atoms with Gasteiger partial charge in [0, 0.05) is 0 Å². The van der Waals surface area contributed by atoms with Crippen LogP contribution in [0.25, 0.3) is 0 Å². The Kier molecular flexibility index (Phi) is 2.42. The van der Waals surface area contributed by atoms with Crippen LogP contribution >= 0.6 is 0 Å². The Morgan fingerprint density at radius 2 is 2.25 bits per heavy atom. The fraction of sp³-hybridized carbons (Fsp3) is 0. The first-order valence-electron chi connectivity index (χ1n) is 1.77. The van der Waals surface area contributed by atoms with Gasteiger partial charge in [-0.05, 0) is 0 Å². The minimum atomic E-state index is -1.27. The quantitative estimate of drug-likeness (QED) is 0.271. The number of carboxylic acid groups (broad SMARTS) is 1. The fourth-order valence-electron chi connectivity index (χ4n) is 0.131. The van der Waals surface area contributed by atoms with Gasteiger partial charge in [-0.15, -0.1) is 0 Å². The molecule has 0 amide bonds. The molecule has 0 saturated carbocycles. The molecule has 0 rings (SSSR count). The molecule has 0 aromatic rings. The Balaban J connectivity index is 3.80. The number of carboxylic acids is 1. The van der Waals surface area contributed by atoms with Crippen molar-refractivity contribution in [3.05, 3.63) is 11.9 Å². The minimum absolute atomic E-state index is 0.437. The molecule has 0 aliphatic carbocycles. The summed E-state index contributed by atoms with van der Waals surface area (Å²) in [6.07, 6.45) is 0.766. The van der Waals surface area contributed by atoms with E-state index in [1.165, 1.54) is 5.48 Å². The summed E-state index contributed by atoms with van der Waals surface area (Å²) in [5.41, 5.74) is 5.81. The molecule has 5 heteroatoms. The highest BCUT2D eigenvalue weighted by Gasteiger charge is 1.96. The standard InChI is InChI=1S/C3H6N2O3/c4-2(1-5-8)3(6)7/h1,5,8H,4H2,(H,6,7)/b2-1-. The van der Waals surface area contributed by atoms with E-state index in [4.69, 9.17) is 16.0 Å². The predicted molar refractivity (Wildman–Crippen MR) is 24.8 cm³/mol. The van der Waals surface area contributed by atoms with Gasteiger partial charge in [-0.3, -0.25) is 10.7 Å². The lowest BCUT2D eigenvalue weighted by Gasteiger charge is -1.89. The molecule has 0 aromatic carbocycles. The third kappa shape index (κ3) is 2.04. The summed E-state index contributed by atoms with van der Waals surface area (Å²) in [4.78, 5) is 9.74. The van der Waals surface area contributed by atoms with E-state index in [2.05, 4.69) is 0 Å². The van der Waals surface area contributed by atoms with Gasteiger partial charge in [-0.2, -0.15) is 0 Å². The maximum Gasteiger partial charge on any atom is 0.353 e. The Labute approximate surface area is 45.4 Å². The smallest absolute Gasteiger partial charge is 0.353 e. The van der Waals surface area contributed by atoms with E-state index in [1.54, 1.807) is 0 Å². The molecule has 5 N–H and O–H groups in total. The van der Waals surface area contributed by atoms with Gasteiger partial charge in [-0.1, -0.05) is 0 Å². The predicted octanol–water partition coefficient (Wildman–Crippen LogP) is -1.15. The maximum absolute atomic E-state index is 9.74. The zero-order valence-electron chi connectivity index (χ0n) is 3.96. The number of aliphatic carboxylic acids is 1. The molecule has 0 unspecified atom stereocenters. The van der Waals surface area contributed by atoms with Crippen LogP contribution in [0.2, 0.25) is 0 Å². The van der Waals surface area contributed by atoms with Crippen molar-refractivity contribution in [2.75, 3.05) is 0 Å². The van der Waals surface area contributed by atoms with Crippen molar-refractivity contribution in [3.8, 4) is 0 Å².